The molecule has 0 radical (unpaired) electrons. The van der Waals surface area contributed by atoms with E-state index in [1.165, 1.54) is 6.92 Å². The second-order valence-corrected chi connectivity index (χ2v) is 3.23. The van der Waals surface area contributed by atoms with Gasteiger partial charge in [-0.15, -0.1) is 5.92 Å². The first-order chi connectivity index (χ1) is 5.42. The first kappa shape index (κ1) is 11.0. The van der Waals surface area contributed by atoms with E-state index in [1.807, 2.05) is 20.8 Å². The third kappa shape index (κ3) is 2.96. The van der Waals surface area contributed by atoms with Crippen molar-refractivity contribution in [3.63, 3.8) is 0 Å². The van der Waals surface area contributed by atoms with Crippen molar-refractivity contribution in [3.05, 3.63) is 0 Å². The minimum Gasteiger partial charge on any atom is -0.446 e. The van der Waals surface area contributed by atoms with Crippen molar-refractivity contribution in [2.45, 2.75) is 40.2 Å². The van der Waals surface area contributed by atoms with Crippen molar-refractivity contribution in [2.75, 3.05) is 0 Å². The summed E-state index contributed by atoms with van der Waals surface area (Å²) in [5.41, 5.74) is -0.638. The maximum atomic E-state index is 10.7. The van der Waals surface area contributed by atoms with E-state index in [0.29, 0.717) is 0 Å². The quantitative estimate of drug-likeness (QED) is 0.465. The summed E-state index contributed by atoms with van der Waals surface area (Å²) in [5, 5.41) is 0. The van der Waals surface area contributed by atoms with Gasteiger partial charge in [0.15, 0.2) is 5.60 Å². The smallest absolute Gasteiger partial charge is 0.304 e. The van der Waals surface area contributed by atoms with Crippen LogP contribution in [0.25, 0.3) is 0 Å². The van der Waals surface area contributed by atoms with Crippen LogP contribution in [-0.4, -0.2) is 11.6 Å². The summed E-state index contributed by atoms with van der Waals surface area (Å²) in [6, 6.07) is 0. The summed E-state index contributed by atoms with van der Waals surface area (Å²) >= 11 is 0. The highest BCUT2D eigenvalue weighted by Gasteiger charge is 2.28. The summed E-state index contributed by atoms with van der Waals surface area (Å²) < 4.78 is 5.13. The van der Waals surface area contributed by atoms with E-state index in [9.17, 15) is 4.79 Å². The first-order valence-corrected chi connectivity index (χ1v) is 4.06. The third-order valence-electron chi connectivity index (χ3n) is 1.83. The fourth-order valence-electron chi connectivity index (χ4n) is 0.834. The Hall–Kier alpha value is -0.970. The Morgan fingerprint density at radius 1 is 1.50 bits per heavy atom. The zero-order chi connectivity index (χ0) is 9.78. The van der Waals surface area contributed by atoms with Gasteiger partial charge in [0, 0.05) is 12.8 Å². The number of ether oxygens (including phenoxy) is 1. The molecular weight excluding hydrogens is 152 g/mol. The molecule has 0 aliphatic rings. The zero-order valence-corrected chi connectivity index (χ0v) is 8.39. The standard InChI is InChI=1S/C10H16O2/c1-6-7-10(5,8(2)3)12-9(4)11/h8H,1-5H3/t10-/m1/s1. The van der Waals surface area contributed by atoms with Gasteiger partial charge in [0.1, 0.15) is 0 Å². The normalized spacial score (nSPS) is 14.5. The van der Waals surface area contributed by atoms with Crippen LogP contribution in [0.1, 0.15) is 34.6 Å². The van der Waals surface area contributed by atoms with Gasteiger partial charge in [-0.1, -0.05) is 19.8 Å². The highest BCUT2D eigenvalue weighted by atomic mass is 16.6. The SMILES string of the molecule is CC#C[C@@](C)(OC(C)=O)C(C)C. The van der Waals surface area contributed by atoms with Gasteiger partial charge in [0.25, 0.3) is 0 Å². The summed E-state index contributed by atoms with van der Waals surface area (Å²) in [7, 11) is 0. The fraction of sp³-hybridized carbons (Fsp3) is 0.700. The number of hydrogen-bond donors (Lipinski definition) is 0. The van der Waals surface area contributed by atoms with E-state index in [1.54, 1.807) is 6.92 Å². The Morgan fingerprint density at radius 2 is 2.00 bits per heavy atom. The van der Waals surface area contributed by atoms with Crippen molar-refractivity contribution in [3.8, 4) is 11.8 Å². The minimum atomic E-state index is -0.638. The zero-order valence-electron chi connectivity index (χ0n) is 8.39. The third-order valence-corrected chi connectivity index (χ3v) is 1.83. The largest absolute Gasteiger partial charge is 0.446 e. The lowest BCUT2D eigenvalue weighted by molar-refractivity contribution is -0.153. The summed E-state index contributed by atoms with van der Waals surface area (Å²) in [4.78, 5) is 10.7. The molecular formula is C10H16O2. The Kier molecular flexibility index (Phi) is 3.82. The molecule has 0 aromatic heterocycles. The van der Waals surface area contributed by atoms with Crippen molar-refractivity contribution in [1.82, 2.24) is 0 Å². The van der Waals surface area contributed by atoms with Gasteiger partial charge in [0.05, 0.1) is 0 Å². The van der Waals surface area contributed by atoms with Crippen LogP contribution in [0.5, 0.6) is 0 Å². The van der Waals surface area contributed by atoms with Gasteiger partial charge in [-0.25, -0.2) is 0 Å². The van der Waals surface area contributed by atoms with E-state index >= 15 is 0 Å². The molecule has 0 aromatic carbocycles. The van der Waals surface area contributed by atoms with Gasteiger partial charge in [-0.2, -0.15) is 0 Å². The molecule has 2 nitrogen and oxygen atoms in total. The average molecular weight is 168 g/mol. The second kappa shape index (κ2) is 4.15. The molecule has 0 amide bonds. The predicted molar refractivity (Wildman–Crippen MR) is 48.5 cm³/mol. The number of carbonyl (C=O) groups is 1. The Morgan fingerprint density at radius 3 is 2.25 bits per heavy atom. The Bertz CT molecular complexity index is 220. The Labute approximate surface area is 74.3 Å². The lowest BCUT2D eigenvalue weighted by atomic mass is 9.93. The molecule has 0 aliphatic heterocycles. The summed E-state index contributed by atoms with van der Waals surface area (Å²) in [6.45, 7) is 8.93. The van der Waals surface area contributed by atoms with E-state index in [4.69, 9.17) is 4.74 Å². The number of esters is 1. The molecule has 0 saturated carbocycles. The van der Waals surface area contributed by atoms with Crippen LogP contribution in [0.2, 0.25) is 0 Å². The lowest BCUT2D eigenvalue weighted by Crippen LogP contribution is -2.34. The number of hydrogen-bond acceptors (Lipinski definition) is 2. The van der Waals surface area contributed by atoms with Crippen molar-refractivity contribution < 1.29 is 9.53 Å². The molecule has 0 heterocycles. The maximum Gasteiger partial charge on any atom is 0.304 e. The molecule has 0 aromatic rings. The van der Waals surface area contributed by atoms with E-state index in [0.717, 1.165) is 0 Å². The summed E-state index contributed by atoms with van der Waals surface area (Å²) in [5.74, 6) is 5.58. The van der Waals surface area contributed by atoms with E-state index in [2.05, 4.69) is 11.8 Å². The van der Waals surface area contributed by atoms with Crippen LogP contribution in [0, 0.1) is 17.8 Å². The monoisotopic (exact) mass is 168 g/mol. The average Bonchev–Trinajstić information content (AvgIpc) is 1.85. The molecule has 0 spiro atoms. The predicted octanol–water partition coefficient (Wildman–Crippen LogP) is 1.99. The number of carbonyl (C=O) groups excluding carboxylic acids is 1. The molecule has 1 atom stereocenters. The van der Waals surface area contributed by atoms with Crippen LogP contribution in [0.15, 0.2) is 0 Å². The highest BCUT2D eigenvalue weighted by Crippen LogP contribution is 2.20. The fourth-order valence-corrected chi connectivity index (χ4v) is 0.834. The lowest BCUT2D eigenvalue weighted by Gasteiger charge is -2.27. The first-order valence-electron chi connectivity index (χ1n) is 4.06. The second-order valence-electron chi connectivity index (χ2n) is 3.23. The molecule has 0 rings (SSSR count). The maximum absolute atomic E-state index is 10.7. The van der Waals surface area contributed by atoms with Crippen LogP contribution in [-0.2, 0) is 9.53 Å². The highest BCUT2D eigenvalue weighted by molar-refractivity contribution is 5.67. The van der Waals surface area contributed by atoms with Crippen LogP contribution < -0.4 is 0 Å². The molecule has 12 heavy (non-hydrogen) atoms. The van der Waals surface area contributed by atoms with Crippen molar-refractivity contribution >= 4 is 5.97 Å². The van der Waals surface area contributed by atoms with Crippen LogP contribution in [0.3, 0.4) is 0 Å². The Balaban J connectivity index is 4.58. The van der Waals surface area contributed by atoms with Gasteiger partial charge < -0.3 is 4.74 Å². The van der Waals surface area contributed by atoms with E-state index in [-0.39, 0.29) is 11.9 Å². The molecule has 2 heteroatoms. The van der Waals surface area contributed by atoms with Crippen molar-refractivity contribution in [2.24, 2.45) is 5.92 Å². The molecule has 0 unspecified atom stereocenters. The van der Waals surface area contributed by atoms with Gasteiger partial charge in [-0.05, 0) is 13.8 Å². The molecule has 0 fully saturated rings. The number of rotatable bonds is 2. The van der Waals surface area contributed by atoms with Crippen molar-refractivity contribution in [1.29, 1.82) is 0 Å². The molecule has 68 valence electrons. The van der Waals surface area contributed by atoms with Crippen LogP contribution >= 0.6 is 0 Å². The molecule has 0 N–H and O–H groups in total. The van der Waals surface area contributed by atoms with Gasteiger partial charge in [0.2, 0.25) is 0 Å². The topological polar surface area (TPSA) is 26.3 Å². The van der Waals surface area contributed by atoms with E-state index < -0.39 is 5.60 Å². The van der Waals surface area contributed by atoms with Crippen LogP contribution in [0.4, 0.5) is 0 Å². The summed E-state index contributed by atoms with van der Waals surface area (Å²) in [6.07, 6.45) is 0. The molecule has 0 saturated heterocycles. The minimum absolute atomic E-state index is 0.203. The van der Waals surface area contributed by atoms with Gasteiger partial charge >= 0.3 is 5.97 Å². The molecule has 0 bridgehead atoms. The van der Waals surface area contributed by atoms with Gasteiger partial charge in [-0.3, -0.25) is 4.79 Å². The molecule has 0 aliphatic carbocycles.